The van der Waals surface area contributed by atoms with Crippen LogP contribution in [0.3, 0.4) is 0 Å². The zero-order valence-corrected chi connectivity index (χ0v) is 16.2. The second-order valence-corrected chi connectivity index (χ2v) is 6.37. The van der Waals surface area contributed by atoms with Crippen molar-refractivity contribution in [3.05, 3.63) is 70.1 Å². The topological polar surface area (TPSA) is 94.8 Å². The van der Waals surface area contributed by atoms with Gasteiger partial charge in [-0.25, -0.2) is 9.59 Å². The molecule has 0 saturated heterocycles. The van der Waals surface area contributed by atoms with E-state index in [4.69, 9.17) is 13.9 Å². The molecule has 7 heteroatoms. The highest BCUT2D eigenvalue weighted by Gasteiger charge is 2.15. The third-order valence-electron chi connectivity index (χ3n) is 4.30. The second-order valence-electron chi connectivity index (χ2n) is 6.37. The summed E-state index contributed by atoms with van der Waals surface area (Å²) in [5.74, 6) is -0.171. The molecule has 0 unspecified atom stereocenters. The summed E-state index contributed by atoms with van der Waals surface area (Å²) in [5, 5.41) is 3.24. The molecule has 2 aromatic carbocycles. The smallest absolute Gasteiger partial charge is 0.349 e. The van der Waals surface area contributed by atoms with Gasteiger partial charge in [0.15, 0.2) is 0 Å². The van der Waals surface area contributed by atoms with Gasteiger partial charge < -0.3 is 19.2 Å². The number of hydrogen-bond donors (Lipinski definition) is 1. The molecule has 0 fully saturated rings. The Kier molecular flexibility index (Phi) is 6.29. The monoisotopic (exact) mass is 395 g/mol. The van der Waals surface area contributed by atoms with E-state index in [1.165, 1.54) is 19.2 Å². The number of methoxy groups -OCH3 is 1. The Labute approximate surface area is 167 Å². The molecule has 29 heavy (non-hydrogen) atoms. The number of ether oxygens (including phenoxy) is 2. The summed E-state index contributed by atoms with van der Waals surface area (Å²) in [7, 11) is 1.54. The number of benzene rings is 2. The van der Waals surface area contributed by atoms with Gasteiger partial charge in [-0.2, -0.15) is 0 Å². The molecule has 0 bridgehead atoms. The summed E-state index contributed by atoms with van der Waals surface area (Å²) in [4.78, 5) is 36.6. The quantitative estimate of drug-likeness (QED) is 0.285. The largest absolute Gasteiger partial charge is 0.497 e. The van der Waals surface area contributed by atoms with Crippen LogP contribution in [-0.4, -0.2) is 25.5 Å². The van der Waals surface area contributed by atoms with Crippen LogP contribution >= 0.6 is 0 Å². The van der Waals surface area contributed by atoms with Crippen molar-refractivity contribution in [3.63, 3.8) is 0 Å². The fraction of sp³-hybridized carbons (Fsp3) is 0.227. The summed E-state index contributed by atoms with van der Waals surface area (Å²) >= 11 is 0. The molecule has 3 aromatic rings. The molecule has 1 aromatic heterocycles. The summed E-state index contributed by atoms with van der Waals surface area (Å²) in [5.41, 5.74) is -0.228. The lowest BCUT2D eigenvalue weighted by atomic mass is 10.1. The fourth-order valence-corrected chi connectivity index (χ4v) is 2.68. The number of carbonyl (C=O) groups is 2. The SMILES string of the molecule is CCCCNC(=O)c1cc2ccc(OC(=O)c3ccc(OC)cc3)cc2oc1=O. The Bertz CT molecular complexity index is 1080. The van der Waals surface area contributed by atoms with E-state index in [2.05, 4.69) is 5.32 Å². The fourth-order valence-electron chi connectivity index (χ4n) is 2.68. The van der Waals surface area contributed by atoms with E-state index in [0.717, 1.165) is 12.8 Å². The van der Waals surface area contributed by atoms with Crippen LogP contribution in [0.25, 0.3) is 11.0 Å². The first-order valence-electron chi connectivity index (χ1n) is 9.24. The number of nitrogens with one attached hydrogen (secondary N) is 1. The molecule has 0 aliphatic rings. The molecule has 3 rings (SSSR count). The zero-order valence-electron chi connectivity index (χ0n) is 16.2. The lowest BCUT2D eigenvalue weighted by Crippen LogP contribution is -2.28. The van der Waals surface area contributed by atoms with E-state index in [1.807, 2.05) is 6.92 Å². The van der Waals surface area contributed by atoms with Crippen molar-refractivity contribution in [1.82, 2.24) is 5.32 Å². The van der Waals surface area contributed by atoms with Crippen LogP contribution in [0.1, 0.15) is 40.5 Å². The van der Waals surface area contributed by atoms with Gasteiger partial charge in [0.25, 0.3) is 5.91 Å². The third-order valence-corrected chi connectivity index (χ3v) is 4.30. The van der Waals surface area contributed by atoms with Crippen LogP contribution in [0.2, 0.25) is 0 Å². The van der Waals surface area contributed by atoms with Crippen LogP contribution in [0.5, 0.6) is 11.5 Å². The van der Waals surface area contributed by atoms with Crippen molar-refractivity contribution >= 4 is 22.8 Å². The lowest BCUT2D eigenvalue weighted by molar-refractivity contribution is 0.0734. The van der Waals surface area contributed by atoms with Crippen LogP contribution < -0.4 is 20.4 Å². The van der Waals surface area contributed by atoms with Crippen molar-refractivity contribution < 1.29 is 23.5 Å². The average Bonchev–Trinajstić information content (AvgIpc) is 2.73. The highest BCUT2D eigenvalue weighted by Crippen LogP contribution is 2.22. The number of amides is 1. The molecule has 1 heterocycles. The average molecular weight is 395 g/mol. The van der Waals surface area contributed by atoms with Crippen LogP contribution in [0, 0.1) is 0 Å². The maximum Gasteiger partial charge on any atom is 0.349 e. The normalized spacial score (nSPS) is 10.6. The molecular weight excluding hydrogens is 374 g/mol. The molecule has 1 N–H and O–H groups in total. The van der Waals surface area contributed by atoms with Crippen LogP contribution in [-0.2, 0) is 0 Å². The number of carbonyl (C=O) groups excluding carboxylic acids is 2. The Balaban J connectivity index is 1.79. The predicted octanol–water partition coefficient (Wildman–Crippen LogP) is 3.55. The Morgan fingerprint density at radius 1 is 1.03 bits per heavy atom. The van der Waals surface area contributed by atoms with Gasteiger partial charge in [0.1, 0.15) is 22.6 Å². The van der Waals surface area contributed by atoms with Gasteiger partial charge in [-0.3, -0.25) is 4.79 Å². The van der Waals surface area contributed by atoms with E-state index in [1.54, 1.807) is 36.4 Å². The Hall–Kier alpha value is -3.61. The molecule has 0 aliphatic heterocycles. The molecule has 0 spiro atoms. The molecule has 0 aliphatic carbocycles. The van der Waals surface area contributed by atoms with Crippen molar-refractivity contribution in [2.24, 2.45) is 0 Å². The summed E-state index contributed by atoms with van der Waals surface area (Å²) < 4.78 is 15.7. The van der Waals surface area contributed by atoms with Gasteiger partial charge in [-0.05, 0) is 48.9 Å². The van der Waals surface area contributed by atoms with E-state index < -0.39 is 17.5 Å². The molecular formula is C22H21NO6. The molecule has 1 amide bonds. The van der Waals surface area contributed by atoms with Gasteiger partial charge in [-0.15, -0.1) is 0 Å². The number of fused-ring (bicyclic) bond motifs is 1. The Morgan fingerprint density at radius 2 is 1.76 bits per heavy atom. The number of hydrogen-bond acceptors (Lipinski definition) is 6. The van der Waals surface area contributed by atoms with E-state index in [0.29, 0.717) is 23.2 Å². The molecule has 0 saturated carbocycles. The van der Waals surface area contributed by atoms with Gasteiger partial charge in [0.2, 0.25) is 0 Å². The highest BCUT2D eigenvalue weighted by atomic mass is 16.5. The predicted molar refractivity (Wildman–Crippen MR) is 108 cm³/mol. The summed E-state index contributed by atoms with van der Waals surface area (Å²) in [6.45, 7) is 2.50. The summed E-state index contributed by atoms with van der Waals surface area (Å²) in [6.07, 6.45) is 1.76. The lowest BCUT2D eigenvalue weighted by Gasteiger charge is -2.07. The first-order chi connectivity index (χ1) is 14.0. The standard InChI is InChI=1S/C22H21NO6/c1-3-4-11-23-20(24)18-12-15-7-10-17(13-19(15)29-22(18)26)28-21(25)14-5-8-16(27-2)9-6-14/h5-10,12-13H,3-4,11H2,1-2H3,(H,23,24). The second kappa shape index (κ2) is 9.05. The van der Waals surface area contributed by atoms with Crippen LogP contribution in [0.4, 0.5) is 0 Å². The van der Waals surface area contributed by atoms with Gasteiger partial charge in [0, 0.05) is 18.0 Å². The minimum absolute atomic E-state index is 0.0587. The Morgan fingerprint density at radius 3 is 2.45 bits per heavy atom. The van der Waals surface area contributed by atoms with Crippen LogP contribution in [0.15, 0.2) is 57.7 Å². The highest BCUT2D eigenvalue weighted by molar-refractivity contribution is 5.97. The minimum atomic E-state index is -0.745. The molecule has 7 nitrogen and oxygen atoms in total. The maximum atomic E-state index is 12.3. The maximum absolute atomic E-state index is 12.3. The summed E-state index contributed by atoms with van der Waals surface area (Å²) in [6, 6.07) is 12.6. The van der Waals surface area contributed by atoms with Gasteiger partial charge in [0.05, 0.1) is 12.7 Å². The van der Waals surface area contributed by atoms with Crippen molar-refractivity contribution in [1.29, 1.82) is 0 Å². The molecule has 150 valence electrons. The number of esters is 1. The molecule has 0 radical (unpaired) electrons. The minimum Gasteiger partial charge on any atom is -0.497 e. The first kappa shape index (κ1) is 20.1. The van der Waals surface area contributed by atoms with Gasteiger partial charge >= 0.3 is 11.6 Å². The van der Waals surface area contributed by atoms with E-state index in [-0.39, 0.29) is 16.9 Å². The zero-order chi connectivity index (χ0) is 20.8. The number of rotatable bonds is 7. The van der Waals surface area contributed by atoms with Crippen molar-refractivity contribution in [2.45, 2.75) is 19.8 Å². The van der Waals surface area contributed by atoms with Crippen molar-refractivity contribution in [2.75, 3.05) is 13.7 Å². The van der Waals surface area contributed by atoms with Gasteiger partial charge in [-0.1, -0.05) is 13.3 Å². The number of unbranched alkanes of at least 4 members (excludes halogenated alkanes) is 1. The van der Waals surface area contributed by atoms with Crippen molar-refractivity contribution in [3.8, 4) is 11.5 Å². The first-order valence-corrected chi connectivity index (χ1v) is 9.24. The third kappa shape index (κ3) is 4.82. The van der Waals surface area contributed by atoms with E-state index in [9.17, 15) is 14.4 Å². The van der Waals surface area contributed by atoms with E-state index >= 15 is 0 Å². The molecule has 0 atom stereocenters.